The number of hydrogen-bond acceptors (Lipinski definition) is 2. The van der Waals surface area contributed by atoms with Gasteiger partial charge in [0.05, 0.1) is 6.21 Å². The van der Waals surface area contributed by atoms with Crippen LogP contribution in [0.3, 0.4) is 0 Å². The normalized spacial score (nSPS) is 18.0. The lowest BCUT2D eigenvalue weighted by molar-refractivity contribution is 0.448. The molecule has 0 saturated heterocycles. The second-order valence-corrected chi connectivity index (χ2v) is 2.88. The smallest absolute Gasteiger partial charge is 0.134 e. The fourth-order valence-corrected chi connectivity index (χ4v) is 1.41. The summed E-state index contributed by atoms with van der Waals surface area (Å²) >= 11 is -0.104. The Morgan fingerprint density at radius 1 is 1.71 bits per heavy atom. The van der Waals surface area contributed by atoms with Gasteiger partial charge in [-0.3, -0.25) is 0 Å². The molecule has 7 heavy (non-hydrogen) atoms. The van der Waals surface area contributed by atoms with Crippen LogP contribution >= 0.6 is 21.0 Å². The summed E-state index contributed by atoms with van der Waals surface area (Å²) in [5.41, 5.74) is 0. The predicted octanol–water partition coefficient (Wildman–Crippen LogP) is 1.20. The van der Waals surface area contributed by atoms with Crippen molar-refractivity contribution in [2.75, 3.05) is 0 Å². The van der Waals surface area contributed by atoms with Gasteiger partial charge < -0.3 is 5.11 Å². The number of rotatable bonds is 0. The minimum atomic E-state index is -0.104. The fraction of sp³-hybridized carbons (Fsp3) is 0. The lowest BCUT2D eigenvalue weighted by Crippen LogP contribution is -1.82. The minimum Gasteiger partial charge on any atom is -0.506 e. The molecule has 0 aromatic heterocycles. The van der Waals surface area contributed by atoms with Crippen LogP contribution in [0.5, 0.6) is 0 Å². The summed E-state index contributed by atoms with van der Waals surface area (Å²) in [6.45, 7) is 0. The van der Waals surface area contributed by atoms with Gasteiger partial charge in [-0.25, -0.2) is 3.21 Å². The van der Waals surface area contributed by atoms with Crippen molar-refractivity contribution >= 4 is 31.2 Å². The molecule has 0 aromatic rings. The summed E-state index contributed by atoms with van der Waals surface area (Å²) in [5, 5.41) is 8.61. The SMILES string of the molecule is OC1=CC=IN=C1. The maximum absolute atomic E-state index is 8.61. The van der Waals surface area contributed by atoms with E-state index in [1.807, 2.05) is 4.01 Å². The molecule has 0 unspecified atom stereocenters. The van der Waals surface area contributed by atoms with Gasteiger partial charge in [0.2, 0.25) is 0 Å². The van der Waals surface area contributed by atoms with Gasteiger partial charge in [0, 0.05) is 21.0 Å². The quantitative estimate of drug-likeness (QED) is 0.597. The van der Waals surface area contributed by atoms with Gasteiger partial charge in [-0.2, -0.15) is 0 Å². The Morgan fingerprint density at radius 2 is 2.57 bits per heavy atom. The molecule has 0 atom stereocenters. The molecular formula is C4H4INO. The molecule has 0 aromatic carbocycles. The van der Waals surface area contributed by atoms with E-state index in [0.717, 1.165) is 0 Å². The van der Waals surface area contributed by atoms with Crippen molar-refractivity contribution in [2.45, 2.75) is 0 Å². The average molecular weight is 209 g/mol. The number of nitrogens with zero attached hydrogens (tertiary/aromatic N) is 1. The highest BCUT2D eigenvalue weighted by Gasteiger charge is 1.83. The van der Waals surface area contributed by atoms with E-state index >= 15 is 0 Å². The molecule has 1 rings (SSSR count). The lowest BCUT2D eigenvalue weighted by atomic mass is 10.5. The van der Waals surface area contributed by atoms with Crippen LogP contribution in [-0.4, -0.2) is 15.3 Å². The van der Waals surface area contributed by atoms with E-state index in [1.54, 1.807) is 6.08 Å². The molecule has 0 saturated carbocycles. The van der Waals surface area contributed by atoms with Crippen molar-refractivity contribution < 1.29 is 5.11 Å². The zero-order valence-electron chi connectivity index (χ0n) is 3.50. The topological polar surface area (TPSA) is 32.6 Å². The average Bonchev–Trinajstić information content (AvgIpc) is 1.69. The van der Waals surface area contributed by atoms with Crippen molar-refractivity contribution in [3.63, 3.8) is 0 Å². The summed E-state index contributed by atoms with van der Waals surface area (Å²) in [7, 11) is 0. The first-order valence-electron chi connectivity index (χ1n) is 1.78. The van der Waals surface area contributed by atoms with Gasteiger partial charge in [0.15, 0.2) is 0 Å². The highest BCUT2D eigenvalue weighted by Crippen LogP contribution is 2.01. The highest BCUT2D eigenvalue weighted by molar-refractivity contribution is 14.2. The van der Waals surface area contributed by atoms with Gasteiger partial charge in [0.25, 0.3) is 0 Å². The number of allylic oxidation sites excluding steroid dienone is 2. The third-order valence-corrected chi connectivity index (χ3v) is 1.81. The maximum Gasteiger partial charge on any atom is 0.134 e. The molecule has 2 nitrogen and oxygen atoms in total. The molecule has 1 aliphatic heterocycles. The van der Waals surface area contributed by atoms with Gasteiger partial charge in [-0.05, 0) is 10.1 Å². The van der Waals surface area contributed by atoms with E-state index in [-0.39, 0.29) is 26.8 Å². The molecule has 1 aliphatic rings. The van der Waals surface area contributed by atoms with Crippen LogP contribution in [0.1, 0.15) is 0 Å². The van der Waals surface area contributed by atoms with E-state index in [4.69, 9.17) is 5.11 Å². The molecule has 1 heterocycles. The number of halogens is 1. The Bertz CT molecular complexity index is 148. The predicted molar refractivity (Wildman–Crippen MR) is 39.3 cm³/mol. The Hall–Kier alpha value is -0.190. The summed E-state index contributed by atoms with van der Waals surface area (Å²) in [6.07, 6.45) is 3.17. The van der Waals surface area contributed by atoms with Crippen molar-refractivity contribution in [1.82, 2.24) is 0 Å². The Kier molecular flexibility index (Phi) is 1.56. The Balaban J connectivity index is 2.82. The van der Waals surface area contributed by atoms with E-state index in [9.17, 15) is 0 Å². The molecule has 0 radical (unpaired) electrons. The highest BCUT2D eigenvalue weighted by atomic mass is 127. The number of aliphatic hydroxyl groups is 1. The van der Waals surface area contributed by atoms with Crippen molar-refractivity contribution in [2.24, 2.45) is 3.21 Å². The first kappa shape index (κ1) is 4.96. The number of aliphatic hydroxyl groups excluding tert-OH is 1. The van der Waals surface area contributed by atoms with E-state index < -0.39 is 0 Å². The first-order valence-corrected chi connectivity index (χ1v) is 3.99. The molecular weight excluding hydrogens is 205 g/mol. The fourth-order valence-electron chi connectivity index (χ4n) is 0.246. The van der Waals surface area contributed by atoms with Crippen molar-refractivity contribution in [1.29, 1.82) is 0 Å². The molecule has 0 bridgehead atoms. The van der Waals surface area contributed by atoms with Gasteiger partial charge in [-0.15, -0.1) is 0 Å². The van der Waals surface area contributed by atoms with Crippen LogP contribution in [0.15, 0.2) is 15.0 Å². The van der Waals surface area contributed by atoms with Crippen molar-refractivity contribution in [3.8, 4) is 0 Å². The molecule has 0 aliphatic carbocycles. The molecule has 3 heteroatoms. The number of hydrogen-bond donors (Lipinski definition) is 1. The molecule has 38 valence electrons. The van der Waals surface area contributed by atoms with Crippen LogP contribution in [-0.2, 0) is 0 Å². The third-order valence-electron chi connectivity index (χ3n) is 0.528. The summed E-state index contributed by atoms with van der Waals surface area (Å²) < 4.78 is 5.78. The van der Waals surface area contributed by atoms with Crippen LogP contribution in [0.2, 0.25) is 0 Å². The van der Waals surface area contributed by atoms with Gasteiger partial charge in [0.1, 0.15) is 5.76 Å². The van der Waals surface area contributed by atoms with Crippen molar-refractivity contribution in [3.05, 3.63) is 11.8 Å². The van der Waals surface area contributed by atoms with Crippen LogP contribution in [0.25, 0.3) is 0 Å². The second kappa shape index (κ2) is 2.20. The van der Waals surface area contributed by atoms with Crippen LogP contribution < -0.4 is 0 Å². The van der Waals surface area contributed by atoms with E-state index in [0.29, 0.717) is 0 Å². The lowest BCUT2D eigenvalue weighted by Gasteiger charge is -1.87. The minimum absolute atomic E-state index is 0.104. The second-order valence-electron chi connectivity index (χ2n) is 1.04. The van der Waals surface area contributed by atoms with Crippen LogP contribution in [0, 0.1) is 0 Å². The van der Waals surface area contributed by atoms with Gasteiger partial charge in [-0.1, -0.05) is 0 Å². The molecule has 1 N–H and O–H groups in total. The Labute approximate surface area is 51.7 Å². The van der Waals surface area contributed by atoms with Crippen LogP contribution in [0.4, 0.5) is 0 Å². The monoisotopic (exact) mass is 209 g/mol. The first-order chi connectivity index (χ1) is 3.39. The zero-order valence-corrected chi connectivity index (χ0v) is 5.66. The zero-order chi connectivity index (χ0) is 5.11. The molecule has 0 fully saturated rings. The summed E-state index contributed by atoms with van der Waals surface area (Å²) in [4.78, 5) is 0. The molecule has 0 amide bonds. The summed E-state index contributed by atoms with van der Waals surface area (Å²) in [6, 6.07) is 0. The third kappa shape index (κ3) is 1.38. The largest absolute Gasteiger partial charge is 0.506 e. The molecule has 0 spiro atoms. The summed E-state index contributed by atoms with van der Waals surface area (Å²) in [5.74, 6) is 0.269. The Morgan fingerprint density at radius 3 is 2.86 bits per heavy atom. The van der Waals surface area contributed by atoms with E-state index in [1.165, 1.54) is 6.21 Å². The maximum atomic E-state index is 8.61. The standard InChI is InChI=1S/C4H4INO/c7-4-1-2-5-6-3-4/h1-3,7H. The van der Waals surface area contributed by atoms with E-state index in [2.05, 4.69) is 3.21 Å². The van der Waals surface area contributed by atoms with Gasteiger partial charge >= 0.3 is 0 Å².